The predicted molar refractivity (Wildman–Crippen MR) is 129 cm³/mol. The maximum atomic E-state index is 13.3. The van der Waals surface area contributed by atoms with Crippen molar-refractivity contribution in [3.05, 3.63) is 66.0 Å². The zero-order chi connectivity index (χ0) is 22.6. The van der Waals surface area contributed by atoms with Gasteiger partial charge in [-0.25, -0.2) is 0 Å². The lowest BCUT2D eigenvalue weighted by atomic mass is 10.0. The van der Waals surface area contributed by atoms with Gasteiger partial charge in [-0.15, -0.1) is 11.8 Å². The molecule has 3 nitrogen and oxygen atoms in total. The van der Waals surface area contributed by atoms with Gasteiger partial charge in [-0.2, -0.15) is 13.2 Å². The molecule has 3 aromatic rings. The first-order valence-electron chi connectivity index (χ1n) is 10.6. The standard InChI is InChI=1S/C24H24F3N3S2/c25-24(26,27)18-10-9-17(22(13-18)32-19-6-2-1-3-7-19)15-29-23(31)30-21-8-4-5-16-14-28-12-11-20(16)21/h4-5,8-14,19H,1-3,6-7,15H2,(H2,29,30,31). The molecule has 1 aliphatic carbocycles. The van der Waals surface area contributed by atoms with Crippen molar-refractivity contribution < 1.29 is 13.2 Å². The second kappa shape index (κ2) is 10.1. The number of thioether (sulfide) groups is 1. The van der Waals surface area contributed by atoms with Gasteiger partial charge < -0.3 is 10.6 Å². The minimum atomic E-state index is -4.35. The Labute approximate surface area is 195 Å². The van der Waals surface area contributed by atoms with Crippen LogP contribution in [0.3, 0.4) is 0 Å². The number of hydrogen-bond donors (Lipinski definition) is 2. The van der Waals surface area contributed by atoms with Gasteiger partial charge in [0.15, 0.2) is 5.11 Å². The number of nitrogens with zero attached hydrogens (tertiary/aromatic N) is 1. The molecule has 0 unspecified atom stereocenters. The normalized spacial score (nSPS) is 15.0. The third-order valence-electron chi connectivity index (χ3n) is 5.61. The molecule has 4 rings (SSSR count). The Hall–Kier alpha value is -2.32. The number of pyridine rings is 1. The number of aromatic nitrogens is 1. The van der Waals surface area contributed by atoms with Crippen LogP contribution < -0.4 is 10.6 Å². The molecule has 1 aromatic heterocycles. The second-order valence-electron chi connectivity index (χ2n) is 7.91. The molecule has 168 valence electrons. The summed E-state index contributed by atoms with van der Waals surface area (Å²) in [6.07, 6.45) is 4.73. The Kier molecular flexibility index (Phi) is 7.20. The Morgan fingerprint density at radius 3 is 2.69 bits per heavy atom. The highest BCUT2D eigenvalue weighted by molar-refractivity contribution is 8.00. The van der Waals surface area contributed by atoms with E-state index >= 15 is 0 Å². The van der Waals surface area contributed by atoms with Crippen LogP contribution >= 0.6 is 24.0 Å². The highest BCUT2D eigenvalue weighted by Crippen LogP contribution is 2.38. The topological polar surface area (TPSA) is 37.0 Å². The van der Waals surface area contributed by atoms with Crippen molar-refractivity contribution in [2.24, 2.45) is 0 Å². The molecule has 8 heteroatoms. The van der Waals surface area contributed by atoms with E-state index < -0.39 is 11.7 Å². The summed E-state index contributed by atoms with van der Waals surface area (Å²) in [5.41, 5.74) is 1.07. The number of benzene rings is 2. The smallest absolute Gasteiger partial charge is 0.358 e. The molecule has 1 aliphatic rings. The van der Waals surface area contributed by atoms with Crippen LogP contribution in [0.5, 0.6) is 0 Å². The first-order valence-corrected chi connectivity index (χ1v) is 11.9. The molecule has 32 heavy (non-hydrogen) atoms. The van der Waals surface area contributed by atoms with E-state index in [1.54, 1.807) is 30.2 Å². The van der Waals surface area contributed by atoms with Gasteiger partial charge in [0.25, 0.3) is 0 Å². The van der Waals surface area contributed by atoms with Crippen LogP contribution in [0, 0.1) is 0 Å². The zero-order valence-corrected chi connectivity index (χ0v) is 19.0. The second-order valence-corrected chi connectivity index (χ2v) is 9.66. The van der Waals surface area contributed by atoms with Gasteiger partial charge in [0.05, 0.1) is 5.56 Å². The van der Waals surface area contributed by atoms with Gasteiger partial charge in [0, 0.05) is 45.5 Å². The van der Waals surface area contributed by atoms with Gasteiger partial charge >= 0.3 is 6.18 Å². The summed E-state index contributed by atoms with van der Waals surface area (Å²) in [6.45, 7) is 0.353. The van der Waals surface area contributed by atoms with Crippen LogP contribution in [0.1, 0.15) is 43.2 Å². The fraction of sp³-hybridized carbons (Fsp3) is 0.333. The summed E-state index contributed by atoms with van der Waals surface area (Å²) in [4.78, 5) is 4.81. The maximum Gasteiger partial charge on any atom is 0.416 e. The largest absolute Gasteiger partial charge is 0.416 e. The number of halogens is 3. The molecule has 0 spiro atoms. The summed E-state index contributed by atoms with van der Waals surface area (Å²) in [5, 5.41) is 9.13. The molecule has 0 aliphatic heterocycles. The van der Waals surface area contributed by atoms with Gasteiger partial charge in [-0.1, -0.05) is 37.5 Å². The molecule has 0 atom stereocenters. The molecule has 2 aromatic carbocycles. The molecule has 0 bridgehead atoms. The maximum absolute atomic E-state index is 13.3. The average Bonchev–Trinajstić information content (AvgIpc) is 2.78. The van der Waals surface area contributed by atoms with Crippen molar-refractivity contribution in [1.29, 1.82) is 0 Å². The molecule has 2 N–H and O–H groups in total. The first-order chi connectivity index (χ1) is 15.4. The highest BCUT2D eigenvalue weighted by atomic mass is 32.2. The number of thiocarbonyl (C=S) groups is 1. The van der Waals surface area contributed by atoms with E-state index in [4.69, 9.17) is 12.2 Å². The average molecular weight is 476 g/mol. The fourth-order valence-electron chi connectivity index (χ4n) is 3.92. The van der Waals surface area contributed by atoms with Crippen molar-refractivity contribution in [2.75, 3.05) is 5.32 Å². The lowest BCUT2D eigenvalue weighted by molar-refractivity contribution is -0.137. The first kappa shape index (κ1) is 22.9. The van der Waals surface area contributed by atoms with E-state index in [1.807, 2.05) is 24.3 Å². The van der Waals surface area contributed by atoms with Crippen LogP contribution in [-0.4, -0.2) is 15.3 Å². The zero-order valence-electron chi connectivity index (χ0n) is 17.4. The van der Waals surface area contributed by atoms with Crippen molar-refractivity contribution >= 4 is 45.6 Å². The number of fused-ring (bicyclic) bond motifs is 1. The van der Waals surface area contributed by atoms with E-state index in [0.717, 1.165) is 53.8 Å². The third kappa shape index (κ3) is 5.72. The van der Waals surface area contributed by atoms with E-state index in [9.17, 15) is 13.2 Å². The van der Waals surface area contributed by atoms with E-state index in [-0.39, 0.29) is 0 Å². The van der Waals surface area contributed by atoms with Crippen molar-refractivity contribution in [2.45, 2.75) is 55.0 Å². The summed E-state index contributed by atoms with van der Waals surface area (Å²) in [5.74, 6) is 0. The quantitative estimate of drug-likeness (QED) is 0.383. The monoisotopic (exact) mass is 475 g/mol. The van der Waals surface area contributed by atoms with Crippen LogP contribution in [0.15, 0.2) is 59.8 Å². The van der Waals surface area contributed by atoms with Crippen molar-refractivity contribution in [3.63, 3.8) is 0 Å². The van der Waals surface area contributed by atoms with Gasteiger partial charge in [0.1, 0.15) is 0 Å². The fourth-order valence-corrected chi connectivity index (χ4v) is 5.52. The van der Waals surface area contributed by atoms with Crippen LogP contribution in [0.2, 0.25) is 0 Å². The lowest BCUT2D eigenvalue weighted by Crippen LogP contribution is -2.28. The number of alkyl halides is 3. The minimum absolute atomic E-state index is 0.353. The number of hydrogen-bond acceptors (Lipinski definition) is 3. The molecular weight excluding hydrogens is 451 g/mol. The van der Waals surface area contributed by atoms with Gasteiger partial charge in [-0.3, -0.25) is 4.98 Å². The van der Waals surface area contributed by atoms with Gasteiger partial charge in [0.2, 0.25) is 0 Å². The molecule has 1 fully saturated rings. The Balaban J connectivity index is 1.48. The molecule has 0 saturated heterocycles. The van der Waals surface area contributed by atoms with Crippen molar-refractivity contribution in [1.82, 2.24) is 10.3 Å². The van der Waals surface area contributed by atoms with E-state index in [2.05, 4.69) is 15.6 Å². The van der Waals surface area contributed by atoms with E-state index in [1.165, 1.54) is 12.5 Å². The Bertz CT molecular complexity index is 1090. The van der Waals surface area contributed by atoms with Crippen LogP contribution in [0.25, 0.3) is 10.8 Å². The summed E-state index contributed by atoms with van der Waals surface area (Å²) >= 11 is 7.03. The molecule has 1 saturated carbocycles. The minimum Gasteiger partial charge on any atom is -0.358 e. The van der Waals surface area contributed by atoms with E-state index in [0.29, 0.717) is 21.8 Å². The SMILES string of the molecule is FC(F)(F)c1ccc(CNC(=S)Nc2cccc3cnccc23)c(SC2CCCCC2)c1. The Morgan fingerprint density at radius 2 is 1.91 bits per heavy atom. The summed E-state index contributed by atoms with van der Waals surface area (Å²) in [7, 11) is 0. The van der Waals surface area contributed by atoms with Crippen LogP contribution in [0.4, 0.5) is 18.9 Å². The Morgan fingerprint density at radius 1 is 1.09 bits per heavy atom. The summed E-state index contributed by atoms with van der Waals surface area (Å²) in [6, 6.07) is 11.7. The third-order valence-corrected chi connectivity index (χ3v) is 7.29. The molecule has 0 amide bonds. The van der Waals surface area contributed by atoms with Gasteiger partial charge in [-0.05, 0) is 54.9 Å². The number of anilines is 1. The number of rotatable bonds is 5. The molecular formula is C24H24F3N3S2. The lowest BCUT2D eigenvalue weighted by Gasteiger charge is -2.23. The molecule has 1 heterocycles. The van der Waals surface area contributed by atoms with Crippen LogP contribution in [-0.2, 0) is 12.7 Å². The summed E-state index contributed by atoms with van der Waals surface area (Å²) < 4.78 is 39.9. The predicted octanol–water partition coefficient (Wildman–Crippen LogP) is 7.17. The molecule has 0 radical (unpaired) electrons. The van der Waals surface area contributed by atoms with Crippen molar-refractivity contribution in [3.8, 4) is 0 Å². The number of nitrogens with one attached hydrogen (secondary N) is 2. The highest BCUT2D eigenvalue weighted by Gasteiger charge is 2.31.